The standard InChI is InChI=1S/C12H25NO3/c1-5-16-11(15)6-7-13-9-10(14)8-12(2,3)4/h10,13-14H,5-9H2,1-4H3. The fraction of sp³-hybridized carbons (Fsp3) is 0.917. The summed E-state index contributed by atoms with van der Waals surface area (Å²) in [4.78, 5) is 11.0. The van der Waals surface area contributed by atoms with Crippen molar-refractivity contribution in [2.24, 2.45) is 5.41 Å². The lowest BCUT2D eigenvalue weighted by Crippen LogP contribution is -2.31. The number of carbonyl (C=O) groups excluding carboxylic acids is 1. The maximum atomic E-state index is 11.0. The minimum Gasteiger partial charge on any atom is -0.466 e. The highest BCUT2D eigenvalue weighted by atomic mass is 16.5. The summed E-state index contributed by atoms with van der Waals surface area (Å²) in [6.45, 7) is 9.57. The van der Waals surface area contributed by atoms with Crippen LogP contribution in [0.1, 0.15) is 40.5 Å². The molecule has 0 radical (unpaired) electrons. The van der Waals surface area contributed by atoms with Gasteiger partial charge in [-0.05, 0) is 18.8 Å². The van der Waals surface area contributed by atoms with Crippen molar-refractivity contribution < 1.29 is 14.6 Å². The van der Waals surface area contributed by atoms with Crippen LogP contribution >= 0.6 is 0 Å². The number of ether oxygens (including phenoxy) is 1. The lowest BCUT2D eigenvalue weighted by Gasteiger charge is -2.22. The van der Waals surface area contributed by atoms with E-state index in [1.54, 1.807) is 6.92 Å². The van der Waals surface area contributed by atoms with Crippen molar-refractivity contribution in [3.8, 4) is 0 Å². The monoisotopic (exact) mass is 231 g/mol. The number of hydrogen-bond acceptors (Lipinski definition) is 4. The molecule has 0 spiro atoms. The van der Waals surface area contributed by atoms with E-state index in [2.05, 4.69) is 26.1 Å². The smallest absolute Gasteiger partial charge is 0.307 e. The van der Waals surface area contributed by atoms with Gasteiger partial charge >= 0.3 is 5.97 Å². The molecular formula is C12H25NO3. The topological polar surface area (TPSA) is 58.6 Å². The Labute approximate surface area is 98.4 Å². The second-order valence-electron chi connectivity index (χ2n) is 5.18. The van der Waals surface area contributed by atoms with Gasteiger partial charge in [0.05, 0.1) is 19.1 Å². The van der Waals surface area contributed by atoms with Crippen molar-refractivity contribution in [1.82, 2.24) is 5.32 Å². The third-order valence-electron chi connectivity index (χ3n) is 2.04. The minimum absolute atomic E-state index is 0.127. The maximum absolute atomic E-state index is 11.0. The highest BCUT2D eigenvalue weighted by Crippen LogP contribution is 2.20. The van der Waals surface area contributed by atoms with Crippen LogP contribution in [0.15, 0.2) is 0 Å². The average molecular weight is 231 g/mol. The molecule has 1 unspecified atom stereocenters. The Balaban J connectivity index is 3.48. The zero-order valence-electron chi connectivity index (χ0n) is 10.9. The van der Waals surface area contributed by atoms with Gasteiger partial charge in [-0.1, -0.05) is 20.8 Å². The molecular weight excluding hydrogens is 206 g/mol. The second-order valence-corrected chi connectivity index (χ2v) is 5.18. The van der Waals surface area contributed by atoms with Crippen LogP contribution in [0.4, 0.5) is 0 Å². The van der Waals surface area contributed by atoms with Crippen molar-refractivity contribution in [3.63, 3.8) is 0 Å². The summed E-state index contributed by atoms with van der Waals surface area (Å²) in [6, 6.07) is 0. The number of nitrogens with one attached hydrogen (secondary N) is 1. The van der Waals surface area contributed by atoms with Crippen LogP contribution in [0.3, 0.4) is 0 Å². The molecule has 0 fully saturated rings. The fourth-order valence-electron chi connectivity index (χ4n) is 1.47. The molecule has 0 saturated heterocycles. The Morgan fingerprint density at radius 1 is 1.44 bits per heavy atom. The molecule has 2 N–H and O–H groups in total. The summed E-state index contributed by atoms with van der Waals surface area (Å²) >= 11 is 0. The van der Waals surface area contributed by atoms with E-state index in [-0.39, 0.29) is 17.5 Å². The van der Waals surface area contributed by atoms with Crippen molar-refractivity contribution in [1.29, 1.82) is 0 Å². The SMILES string of the molecule is CCOC(=O)CCNCC(O)CC(C)(C)C. The quantitative estimate of drug-likeness (QED) is 0.512. The molecule has 0 bridgehead atoms. The first-order valence-corrected chi connectivity index (χ1v) is 5.89. The first-order chi connectivity index (χ1) is 7.35. The van der Waals surface area contributed by atoms with E-state index in [9.17, 15) is 9.90 Å². The molecule has 0 aliphatic carbocycles. The van der Waals surface area contributed by atoms with E-state index in [1.165, 1.54) is 0 Å². The summed E-state index contributed by atoms with van der Waals surface area (Å²) in [6.07, 6.45) is 0.748. The second kappa shape index (κ2) is 7.63. The van der Waals surface area contributed by atoms with Crippen LogP contribution in [0.2, 0.25) is 0 Å². The third kappa shape index (κ3) is 9.93. The number of aliphatic hydroxyl groups is 1. The van der Waals surface area contributed by atoms with Gasteiger partial charge in [0.1, 0.15) is 0 Å². The predicted octanol–water partition coefficient (Wildman–Crippen LogP) is 1.33. The Bertz CT molecular complexity index is 199. The molecule has 16 heavy (non-hydrogen) atoms. The fourth-order valence-corrected chi connectivity index (χ4v) is 1.47. The molecule has 4 nitrogen and oxygen atoms in total. The van der Waals surface area contributed by atoms with Gasteiger partial charge in [0.25, 0.3) is 0 Å². The summed E-state index contributed by atoms with van der Waals surface area (Å²) < 4.78 is 4.79. The van der Waals surface area contributed by atoms with Crippen molar-refractivity contribution in [2.75, 3.05) is 19.7 Å². The summed E-state index contributed by atoms with van der Waals surface area (Å²) in [5, 5.41) is 12.7. The molecule has 0 saturated carbocycles. The van der Waals surface area contributed by atoms with E-state index >= 15 is 0 Å². The summed E-state index contributed by atoms with van der Waals surface area (Å²) in [7, 11) is 0. The van der Waals surface area contributed by atoms with Gasteiger partial charge < -0.3 is 15.2 Å². The van der Waals surface area contributed by atoms with Gasteiger partial charge in [-0.3, -0.25) is 4.79 Å². The molecule has 0 amide bonds. The number of rotatable bonds is 7. The normalized spacial score (nSPS) is 13.6. The molecule has 0 aromatic carbocycles. The van der Waals surface area contributed by atoms with Gasteiger partial charge in [0.2, 0.25) is 0 Å². The maximum Gasteiger partial charge on any atom is 0.307 e. The third-order valence-corrected chi connectivity index (χ3v) is 2.04. The average Bonchev–Trinajstić information content (AvgIpc) is 2.10. The van der Waals surface area contributed by atoms with E-state index in [4.69, 9.17) is 4.74 Å². The Morgan fingerprint density at radius 2 is 2.06 bits per heavy atom. The van der Waals surface area contributed by atoms with E-state index in [0.29, 0.717) is 26.1 Å². The Hall–Kier alpha value is -0.610. The number of aliphatic hydroxyl groups excluding tert-OH is 1. The molecule has 0 aliphatic rings. The van der Waals surface area contributed by atoms with E-state index in [1.807, 2.05) is 0 Å². The zero-order chi connectivity index (χ0) is 12.6. The van der Waals surface area contributed by atoms with Crippen LogP contribution in [0.25, 0.3) is 0 Å². The first-order valence-electron chi connectivity index (χ1n) is 5.89. The van der Waals surface area contributed by atoms with Crippen LogP contribution in [-0.4, -0.2) is 36.9 Å². The molecule has 0 heterocycles. The van der Waals surface area contributed by atoms with Crippen LogP contribution in [-0.2, 0) is 9.53 Å². The highest BCUT2D eigenvalue weighted by molar-refractivity contribution is 5.69. The van der Waals surface area contributed by atoms with Crippen molar-refractivity contribution in [3.05, 3.63) is 0 Å². The number of hydrogen-bond donors (Lipinski definition) is 2. The molecule has 1 atom stereocenters. The lowest BCUT2D eigenvalue weighted by molar-refractivity contribution is -0.143. The molecule has 96 valence electrons. The van der Waals surface area contributed by atoms with Gasteiger partial charge in [-0.25, -0.2) is 0 Å². The highest BCUT2D eigenvalue weighted by Gasteiger charge is 2.16. The molecule has 0 aliphatic heterocycles. The molecule has 0 aromatic heterocycles. The van der Waals surface area contributed by atoms with Crippen molar-refractivity contribution >= 4 is 5.97 Å². The summed E-state index contributed by atoms with van der Waals surface area (Å²) in [5.74, 6) is -0.194. The Morgan fingerprint density at radius 3 is 2.56 bits per heavy atom. The molecule has 0 aromatic rings. The summed E-state index contributed by atoms with van der Waals surface area (Å²) in [5.41, 5.74) is 0.127. The van der Waals surface area contributed by atoms with Gasteiger partial charge in [0, 0.05) is 13.1 Å². The zero-order valence-corrected chi connectivity index (χ0v) is 10.9. The van der Waals surface area contributed by atoms with E-state index < -0.39 is 0 Å². The molecule has 4 heteroatoms. The number of carbonyl (C=O) groups is 1. The first kappa shape index (κ1) is 15.4. The Kier molecular flexibility index (Phi) is 7.34. The van der Waals surface area contributed by atoms with Crippen LogP contribution < -0.4 is 5.32 Å². The predicted molar refractivity (Wildman–Crippen MR) is 64.2 cm³/mol. The lowest BCUT2D eigenvalue weighted by atomic mass is 9.89. The van der Waals surface area contributed by atoms with Crippen LogP contribution in [0, 0.1) is 5.41 Å². The van der Waals surface area contributed by atoms with E-state index in [0.717, 1.165) is 6.42 Å². The number of esters is 1. The van der Waals surface area contributed by atoms with Gasteiger partial charge in [0.15, 0.2) is 0 Å². The van der Waals surface area contributed by atoms with Gasteiger partial charge in [-0.2, -0.15) is 0 Å². The van der Waals surface area contributed by atoms with Crippen molar-refractivity contribution in [2.45, 2.75) is 46.6 Å². The van der Waals surface area contributed by atoms with Gasteiger partial charge in [-0.15, -0.1) is 0 Å². The molecule has 0 rings (SSSR count). The minimum atomic E-state index is -0.359. The van der Waals surface area contributed by atoms with Crippen LogP contribution in [0.5, 0.6) is 0 Å². The largest absolute Gasteiger partial charge is 0.466 e.